The third kappa shape index (κ3) is 8.90. The van der Waals surface area contributed by atoms with Crippen LogP contribution in [0.2, 0.25) is 0 Å². The third-order valence-electron chi connectivity index (χ3n) is 3.24. The summed E-state index contributed by atoms with van der Waals surface area (Å²) in [5.41, 5.74) is 0. The molecule has 1 unspecified atom stereocenters. The first-order chi connectivity index (χ1) is 10.3. The van der Waals surface area contributed by atoms with E-state index >= 15 is 0 Å². The van der Waals surface area contributed by atoms with Crippen LogP contribution in [-0.2, 0) is 14.2 Å². The summed E-state index contributed by atoms with van der Waals surface area (Å²) in [6, 6.07) is 0.242. The van der Waals surface area contributed by atoms with E-state index in [-0.39, 0.29) is 6.04 Å². The third-order valence-corrected chi connectivity index (χ3v) is 3.24. The van der Waals surface area contributed by atoms with Gasteiger partial charge < -0.3 is 24.8 Å². The second-order valence-corrected chi connectivity index (χ2v) is 5.30. The van der Waals surface area contributed by atoms with Gasteiger partial charge in [-0.15, -0.1) is 0 Å². The van der Waals surface area contributed by atoms with Crippen LogP contribution < -0.4 is 10.6 Å². The molecule has 21 heavy (non-hydrogen) atoms. The highest BCUT2D eigenvalue weighted by atomic mass is 16.5. The SMILES string of the molecule is CCNC(=NCCCOC1CCOCC1)NC(C)COC. The lowest BCUT2D eigenvalue weighted by Gasteiger charge is -2.22. The highest BCUT2D eigenvalue weighted by Gasteiger charge is 2.13. The lowest BCUT2D eigenvalue weighted by atomic mass is 10.1. The summed E-state index contributed by atoms with van der Waals surface area (Å²) >= 11 is 0. The average molecular weight is 301 g/mol. The lowest BCUT2D eigenvalue weighted by Crippen LogP contribution is -2.44. The summed E-state index contributed by atoms with van der Waals surface area (Å²) in [6.07, 6.45) is 3.34. The molecule has 0 bridgehead atoms. The van der Waals surface area contributed by atoms with Crippen molar-refractivity contribution in [3.63, 3.8) is 0 Å². The summed E-state index contributed by atoms with van der Waals surface area (Å²) in [5.74, 6) is 0.841. The molecule has 0 radical (unpaired) electrons. The van der Waals surface area contributed by atoms with Crippen molar-refractivity contribution in [3.8, 4) is 0 Å². The molecule has 124 valence electrons. The Labute approximate surface area is 128 Å². The van der Waals surface area contributed by atoms with E-state index in [4.69, 9.17) is 14.2 Å². The van der Waals surface area contributed by atoms with Crippen LogP contribution in [0.5, 0.6) is 0 Å². The Morgan fingerprint density at radius 3 is 2.81 bits per heavy atom. The second-order valence-electron chi connectivity index (χ2n) is 5.30. The highest BCUT2D eigenvalue weighted by molar-refractivity contribution is 5.80. The van der Waals surface area contributed by atoms with E-state index in [9.17, 15) is 0 Å². The molecule has 0 aromatic rings. The van der Waals surface area contributed by atoms with Gasteiger partial charge in [-0.1, -0.05) is 0 Å². The van der Waals surface area contributed by atoms with E-state index in [1.54, 1.807) is 7.11 Å². The molecule has 6 heteroatoms. The van der Waals surface area contributed by atoms with Crippen molar-refractivity contribution >= 4 is 5.96 Å². The Bertz CT molecular complexity index is 281. The van der Waals surface area contributed by atoms with Gasteiger partial charge in [0.1, 0.15) is 0 Å². The van der Waals surface area contributed by atoms with E-state index in [1.807, 2.05) is 0 Å². The molecule has 1 aliphatic rings. The smallest absolute Gasteiger partial charge is 0.191 e. The van der Waals surface area contributed by atoms with Crippen molar-refractivity contribution in [1.29, 1.82) is 0 Å². The van der Waals surface area contributed by atoms with E-state index in [0.717, 1.165) is 58.1 Å². The van der Waals surface area contributed by atoms with Crippen LogP contribution in [0.25, 0.3) is 0 Å². The Morgan fingerprint density at radius 2 is 2.14 bits per heavy atom. The van der Waals surface area contributed by atoms with Crippen LogP contribution in [0.3, 0.4) is 0 Å². The summed E-state index contributed by atoms with van der Waals surface area (Å²) in [7, 11) is 1.70. The maximum absolute atomic E-state index is 5.83. The molecule has 0 aromatic carbocycles. The topological polar surface area (TPSA) is 64.1 Å². The molecule has 0 saturated carbocycles. The van der Waals surface area contributed by atoms with Gasteiger partial charge in [-0.25, -0.2) is 0 Å². The van der Waals surface area contributed by atoms with Crippen molar-refractivity contribution in [2.45, 2.75) is 45.3 Å². The maximum Gasteiger partial charge on any atom is 0.191 e. The van der Waals surface area contributed by atoms with Crippen LogP contribution in [0.4, 0.5) is 0 Å². The average Bonchev–Trinajstić information content (AvgIpc) is 2.48. The molecule has 1 rings (SSSR count). The van der Waals surface area contributed by atoms with E-state index in [2.05, 4.69) is 29.5 Å². The lowest BCUT2D eigenvalue weighted by molar-refractivity contribution is -0.0318. The summed E-state index contributed by atoms with van der Waals surface area (Å²) in [4.78, 5) is 4.55. The Kier molecular flexibility index (Phi) is 10.2. The first-order valence-corrected chi connectivity index (χ1v) is 7.99. The van der Waals surface area contributed by atoms with Gasteiger partial charge in [0.25, 0.3) is 0 Å². The molecule has 1 atom stereocenters. The van der Waals surface area contributed by atoms with E-state index < -0.39 is 0 Å². The summed E-state index contributed by atoms with van der Waals surface area (Å²) in [6.45, 7) is 8.83. The van der Waals surface area contributed by atoms with Crippen LogP contribution >= 0.6 is 0 Å². The van der Waals surface area contributed by atoms with Gasteiger partial charge in [-0.05, 0) is 33.1 Å². The standard InChI is InChI=1S/C15H31N3O3/c1-4-16-15(18-13(2)12-19-3)17-8-5-9-21-14-6-10-20-11-7-14/h13-14H,4-12H2,1-3H3,(H2,16,17,18). The molecule has 0 spiro atoms. The fourth-order valence-corrected chi connectivity index (χ4v) is 2.19. The number of hydrogen-bond acceptors (Lipinski definition) is 4. The van der Waals surface area contributed by atoms with Gasteiger partial charge in [0.05, 0.1) is 12.7 Å². The van der Waals surface area contributed by atoms with E-state index in [1.165, 1.54) is 0 Å². The fourth-order valence-electron chi connectivity index (χ4n) is 2.19. The van der Waals surface area contributed by atoms with Crippen molar-refractivity contribution in [2.24, 2.45) is 4.99 Å². The maximum atomic E-state index is 5.83. The van der Waals surface area contributed by atoms with Crippen molar-refractivity contribution in [3.05, 3.63) is 0 Å². The molecular weight excluding hydrogens is 270 g/mol. The summed E-state index contributed by atoms with van der Waals surface area (Å²) in [5, 5.41) is 6.55. The molecule has 0 amide bonds. The molecule has 6 nitrogen and oxygen atoms in total. The second kappa shape index (κ2) is 11.8. The van der Waals surface area contributed by atoms with Crippen LogP contribution in [0.1, 0.15) is 33.1 Å². The number of nitrogens with zero attached hydrogens (tertiary/aromatic N) is 1. The predicted octanol–water partition coefficient (Wildman–Crippen LogP) is 1.16. The van der Waals surface area contributed by atoms with Crippen LogP contribution in [0, 0.1) is 0 Å². The molecule has 0 aromatic heterocycles. The Balaban J connectivity index is 2.17. The predicted molar refractivity (Wildman–Crippen MR) is 84.9 cm³/mol. The van der Waals surface area contributed by atoms with Gasteiger partial charge in [-0.3, -0.25) is 4.99 Å². The molecule has 1 saturated heterocycles. The quantitative estimate of drug-likeness (QED) is 0.380. The number of guanidine groups is 1. The van der Waals surface area contributed by atoms with Gasteiger partial charge in [0.2, 0.25) is 0 Å². The van der Waals surface area contributed by atoms with Gasteiger partial charge in [-0.2, -0.15) is 0 Å². The normalized spacial score (nSPS) is 18.5. The zero-order valence-corrected chi connectivity index (χ0v) is 13.7. The molecule has 1 fully saturated rings. The largest absolute Gasteiger partial charge is 0.383 e. The van der Waals surface area contributed by atoms with Gasteiger partial charge in [0.15, 0.2) is 5.96 Å². The van der Waals surface area contributed by atoms with Crippen LogP contribution in [0.15, 0.2) is 4.99 Å². The van der Waals surface area contributed by atoms with Crippen molar-refractivity contribution in [2.75, 3.05) is 46.6 Å². The number of hydrogen-bond donors (Lipinski definition) is 2. The van der Waals surface area contributed by atoms with Crippen molar-refractivity contribution < 1.29 is 14.2 Å². The number of rotatable bonds is 9. The monoisotopic (exact) mass is 301 g/mol. The molecule has 1 aliphatic heterocycles. The van der Waals surface area contributed by atoms with Crippen molar-refractivity contribution in [1.82, 2.24) is 10.6 Å². The molecule has 0 aliphatic carbocycles. The minimum atomic E-state index is 0.242. The van der Waals surface area contributed by atoms with Gasteiger partial charge >= 0.3 is 0 Å². The Hall–Kier alpha value is -0.850. The first kappa shape index (κ1) is 18.2. The van der Waals surface area contributed by atoms with Gasteiger partial charge in [0, 0.05) is 46.1 Å². The number of ether oxygens (including phenoxy) is 3. The molecule has 1 heterocycles. The summed E-state index contributed by atoms with van der Waals surface area (Å²) < 4.78 is 16.3. The fraction of sp³-hybridized carbons (Fsp3) is 0.933. The minimum Gasteiger partial charge on any atom is -0.383 e. The number of aliphatic imine (C=N–C) groups is 1. The number of methoxy groups -OCH3 is 1. The highest BCUT2D eigenvalue weighted by Crippen LogP contribution is 2.10. The minimum absolute atomic E-state index is 0.242. The molecular formula is C15H31N3O3. The van der Waals surface area contributed by atoms with E-state index in [0.29, 0.717) is 12.7 Å². The number of nitrogens with one attached hydrogen (secondary N) is 2. The Morgan fingerprint density at radius 1 is 1.38 bits per heavy atom. The first-order valence-electron chi connectivity index (χ1n) is 7.99. The zero-order chi connectivity index (χ0) is 15.3. The van der Waals surface area contributed by atoms with Crippen LogP contribution in [-0.4, -0.2) is 64.7 Å². The molecule has 2 N–H and O–H groups in total. The zero-order valence-electron chi connectivity index (χ0n) is 13.7.